The minimum absolute atomic E-state index is 0.336. The maximum atomic E-state index is 12.4. The molecule has 3 rings (SSSR count). The number of aryl methyl sites for hydroxylation is 1. The Morgan fingerprint density at radius 3 is 2.76 bits per heavy atom. The van der Waals surface area contributed by atoms with Gasteiger partial charge in [0.05, 0.1) is 19.0 Å². The zero-order chi connectivity index (χ0) is 17.6. The summed E-state index contributed by atoms with van der Waals surface area (Å²) in [6.45, 7) is 1.69. The van der Waals surface area contributed by atoms with Crippen LogP contribution in [0.5, 0.6) is 5.75 Å². The summed E-state index contributed by atoms with van der Waals surface area (Å²) in [7, 11) is 1.56. The summed E-state index contributed by atoms with van der Waals surface area (Å²) in [5.41, 5.74) is 1.29. The van der Waals surface area contributed by atoms with Crippen molar-refractivity contribution in [2.24, 2.45) is 0 Å². The molecule has 0 fully saturated rings. The number of aromatic nitrogens is 3. The standard InChI is InChI=1S/C17H17N5O3/c1-11-19-16(22-25-11)15(13-7-3-4-8-14(13)24-2)21-17(23)20-12-6-5-9-18-10-12/h3-10,15H,1-2H3,(H2,20,21,23)/t15-/m1/s1. The number of benzene rings is 1. The number of pyridine rings is 1. The lowest BCUT2D eigenvalue weighted by molar-refractivity contribution is 0.249. The van der Waals surface area contributed by atoms with Crippen LogP contribution in [-0.4, -0.2) is 28.3 Å². The van der Waals surface area contributed by atoms with Gasteiger partial charge in [0.15, 0.2) is 5.82 Å². The third-order valence-corrected chi connectivity index (χ3v) is 3.45. The molecular formula is C17H17N5O3. The first-order valence-electron chi connectivity index (χ1n) is 7.58. The van der Waals surface area contributed by atoms with Gasteiger partial charge in [-0.3, -0.25) is 4.98 Å². The molecular weight excluding hydrogens is 322 g/mol. The lowest BCUT2D eigenvalue weighted by atomic mass is 10.1. The monoisotopic (exact) mass is 339 g/mol. The summed E-state index contributed by atoms with van der Waals surface area (Å²) in [6, 6.07) is 9.74. The van der Waals surface area contributed by atoms with E-state index >= 15 is 0 Å². The van der Waals surface area contributed by atoms with Crippen molar-refractivity contribution in [3.05, 3.63) is 66.1 Å². The Kier molecular flexibility index (Phi) is 4.89. The van der Waals surface area contributed by atoms with Crippen molar-refractivity contribution in [2.75, 3.05) is 12.4 Å². The highest BCUT2D eigenvalue weighted by atomic mass is 16.5. The summed E-state index contributed by atoms with van der Waals surface area (Å²) in [5, 5.41) is 9.49. The SMILES string of the molecule is COc1ccccc1[C@@H](NC(=O)Nc1cccnc1)c1noc(C)n1. The fourth-order valence-electron chi connectivity index (χ4n) is 2.35. The van der Waals surface area contributed by atoms with Gasteiger partial charge in [-0.2, -0.15) is 4.98 Å². The van der Waals surface area contributed by atoms with E-state index < -0.39 is 12.1 Å². The van der Waals surface area contributed by atoms with Crippen LogP contribution in [0, 0.1) is 6.92 Å². The molecule has 0 unspecified atom stereocenters. The lowest BCUT2D eigenvalue weighted by Crippen LogP contribution is -2.34. The van der Waals surface area contributed by atoms with Crippen LogP contribution in [0.2, 0.25) is 0 Å². The van der Waals surface area contributed by atoms with Crippen molar-refractivity contribution in [3.63, 3.8) is 0 Å². The number of nitrogens with one attached hydrogen (secondary N) is 2. The molecule has 8 heteroatoms. The van der Waals surface area contributed by atoms with Gasteiger partial charge in [-0.15, -0.1) is 0 Å². The molecule has 3 aromatic rings. The van der Waals surface area contributed by atoms with Gasteiger partial charge < -0.3 is 19.9 Å². The maximum Gasteiger partial charge on any atom is 0.320 e. The molecule has 2 N–H and O–H groups in total. The van der Waals surface area contributed by atoms with E-state index in [4.69, 9.17) is 9.26 Å². The van der Waals surface area contributed by atoms with Crippen LogP contribution in [0.15, 0.2) is 53.3 Å². The molecule has 2 heterocycles. The summed E-state index contributed by atoms with van der Waals surface area (Å²) in [4.78, 5) is 20.6. The molecule has 0 saturated heterocycles. The van der Waals surface area contributed by atoms with Crippen molar-refractivity contribution in [3.8, 4) is 5.75 Å². The molecule has 0 saturated carbocycles. The summed E-state index contributed by atoms with van der Waals surface area (Å²) < 4.78 is 10.4. The van der Waals surface area contributed by atoms with Crippen LogP contribution >= 0.6 is 0 Å². The van der Waals surface area contributed by atoms with Crippen LogP contribution in [0.1, 0.15) is 23.3 Å². The number of methoxy groups -OCH3 is 1. The number of amides is 2. The number of anilines is 1. The smallest absolute Gasteiger partial charge is 0.320 e. The second-order valence-electron chi connectivity index (χ2n) is 5.19. The predicted molar refractivity (Wildman–Crippen MR) is 90.3 cm³/mol. The second-order valence-corrected chi connectivity index (χ2v) is 5.19. The second kappa shape index (κ2) is 7.43. The number of carbonyl (C=O) groups excluding carboxylic acids is 1. The van der Waals surface area contributed by atoms with Gasteiger partial charge in [-0.25, -0.2) is 4.79 Å². The average Bonchev–Trinajstić information content (AvgIpc) is 3.06. The lowest BCUT2D eigenvalue weighted by Gasteiger charge is -2.18. The van der Waals surface area contributed by atoms with Crippen LogP contribution in [0.3, 0.4) is 0 Å². The highest BCUT2D eigenvalue weighted by Crippen LogP contribution is 2.28. The maximum absolute atomic E-state index is 12.4. The molecule has 0 aliphatic rings. The van der Waals surface area contributed by atoms with E-state index in [0.717, 1.165) is 0 Å². The highest BCUT2D eigenvalue weighted by Gasteiger charge is 2.25. The Hall–Kier alpha value is -3.42. The molecule has 0 bridgehead atoms. The third-order valence-electron chi connectivity index (χ3n) is 3.45. The van der Waals surface area contributed by atoms with Gasteiger partial charge in [0.25, 0.3) is 0 Å². The van der Waals surface area contributed by atoms with Gasteiger partial charge in [-0.1, -0.05) is 23.4 Å². The molecule has 8 nitrogen and oxygen atoms in total. The fourth-order valence-corrected chi connectivity index (χ4v) is 2.35. The molecule has 2 amide bonds. The van der Waals surface area contributed by atoms with E-state index in [9.17, 15) is 4.79 Å². The number of nitrogens with zero attached hydrogens (tertiary/aromatic N) is 3. The van der Waals surface area contributed by atoms with Gasteiger partial charge >= 0.3 is 6.03 Å². The highest BCUT2D eigenvalue weighted by molar-refractivity contribution is 5.89. The zero-order valence-electron chi connectivity index (χ0n) is 13.8. The topological polar surface area (TPSA) is 102 Å². The van der Waals surface area contributed by atoms with Crippen molar-refractivity contribution in [1.29, 1.82) is 0 Å². The molecule has 0 aliphatic carbocycles. The summed E-state index contributed by atoms with van der Waals surface area (Å²) in [6.07, 6.45) is 3.18. The molecule has 0 aliphatic heterocycles. The number of ether oxygens (including phenoxy) is 1. The van der Waals surface area contributed by atoms with Gasteiger partial charge in [-0.05, 0) is 18.2 Å². The van der Waals surface area contributed by atoms with E-state index in [2.05, 4.69) is 25.8 Å². The van der Waals surface area contributed by atoms with Crippen molar-refractivity contribution in [1.82, 2.24) is 20.4 Å². The predicted octanol–water partition coefficient (Wildman–Crippen LogP) is 2.69. The van der Waals surface area contributed by atoms with E-state index in [1.807, 2.05) is 18.2 Å². The first-order chi connectivity index (χ1) is 12.2. The Balaban J connectivity index is 1.88. The molecule has 1 atom stereocenters. The van der Waals surface area contributed by atoms with Crippen molar-refractivity contribution < 1.29 is 14.1 Å². The largest absolute Gasteiger partial charge is 0.496 e. The molecule has 1 aromatic carbocycles. The normalized spacial score (nSPS) is 11.6. The third kappa shape index (κ3) is 3.92. The number of urea groups is 1. The molecule has 0 spiro atoms. The van der Waals surface area contributed by atoms with E-state index in [0.29, 0.717) is 28.7 Å². The minimum Gasteiger partial charge on any atom is -0.496 e. The molecule has 2 aromatic heterocycles. The van der Waals surface area contributed by atoms with Crippen LogP contribution in [0.25, 0.3) is 0 Å². The Morgan fingerprint density at radius 1 is 1.24 bits per heavy atom. The number of carbonyl (C=O) groups is 1. The number of para-hydroxylation sites is 1. The van der Waals surface area contributed by atoms with Crippen molar-refractivity contribution >= 4 is 11.7 Å². The average molecular weight is 339 g/mol. The van der Waals surface area contributed by atoms with Gasteiger partial charge in [0, 0.05) is 18.7 Å². The fraction of sp³-hybridized carbons (Fsp3) is 0.176. The molecule has 0 radical (unpaired) electrons. The molecule has 128 valence electrons. The van der Waals surface area contributed by atoms with E-state index in [-0.39, 0.29) is 0 Å². The van der Waals surface area contributed by atoms with Crippen LogP contribution in [0.4, 0.5) is 10.5 Å². The van der Waals surface area contributed by atoms with E-state index in [1.54, 1.807) is 44.6 Å². The zero-order valence-corrected chi connectivity index (χ0v) is 13.8. The first-order valence-corrected chi connectivity index (χ1v) is 7.58. The first kappa shape index (κ1) is 16.4. The van der Waals surface area contributed by atoms with Crippen molar-refractivity contribution in [2.45, 2.75) is 13.0 Å². The Labute approximate surface area is 144 Å². The number of hydrogen-bond donors (Lipinski definition) is 2. The van der Waals surface area contributed by atoms with Gasteiger partial charge in [0.2, 0.25) is 5.89 Å². The Bertz CT molecular complexity index is 850. The van der Waals surface area contributed by atoms with E-state index in [1.165, 1.54) is 0 Å². The van der Waals surface area contributed by atoms with Gasteiger partial charge in [0.1, 0.15) is 11.8 Å². The minimum atomic E-state index is -0.634. The Morgan fingerprint density at radius 2 is 2.08 bits per heavy atom. The van der Waals surface area contributed by atoms with Crippen LogP contribution < -0.4 is 15.4 Å². The summed E-state index contributed by atoms with van der Waals surface area (Å²) >= 11 is 0. The van der Waals surface area contributed by atoms with Crippen LogP contribution in [-0.2, 0) is 0 Å². The molecule has 25 heavy (non-hydrogen) atoms. The quantitative estimate of drug-likeness (QED) is 0.741. The number of hydrogen-bond acceptors (Lipinski definition) is 6. The number of rotatable bonds is 5. The summed E-state index contributed by atoms with van der Waals surface area (Å²) in [5.74, 6) is 1.35.